The van der Waals surface area contributed by atoms with E-state index in [2.05, 4.69) is 9.64 Å². The Bertz CT molecular complexity index is 590. The van der Waals surface area contributed by atoms with Crippen molar-refractivity contribution in [3.05, 3.63) is 29.8 Å². The molecular weight excluding hydrogens is 330 g/mol. The monoisotopic (exact) mass is 354 g/mol. The summed E-state index contributed by atoms with van der Waals surface area (Å²) >= 11 is 0. The van der Waals surface area contributed by atoms with E-state index in [0.717, 1.165) is 32.4 Å². The zero-order valence-electron chi connectivity index (χ0n) is 14.2. The molecule has 1 N–H and O–H groups in total. The smallest absolute Gasteiger partial charge is 0.387 e. The molecule has 138 valence electrons. The molecule has 25 heavy (non-hydrogen) atoms. The molecule has 2 fully saturated rings. The van der Waals surface area contributed by atoms with Crippen molar-refractivity contribution < 1.29 is 23.4 Å². The first-order chi connectivity index (χ1) is 12.0. The van der Waals surface area contributed by atoms with Crippen molar-refractivity contribution in [2.45, 2.75) is 37.9 Å². The second-order valence-electron chi connectivity index (χ2n) is 6.94. The van der Waals surface area contributed by atoms with Crippen LogP contribution in [-0.2, 0) is 0 Å². The van der Waals surface area contributed by atoms with Gasteiger partial charge in [-0.05, 0) is 63.0 Å². The predicted octanol–water partition coefficient (Wildman–Crippen LogP) is 2.35. The third-order valence-corrected chi connectivity index (χ3v) is 4.89. The van der Waals surface area contributed by atoms with Crippen LogP contribution in [0.15, 0.2) is 24.3 Å². The van der Waals surface area contributed by atoms with Crippen LogP contribution in [0.1, 0.15) is 36.0 Å². The number of alkyl halides is 2. The number of benzene rings is 1. The van der Waals surface area contributed by atoms with Gasteiger partial charge in [-0.2, -0.15) is 8.78 Å². The SMILES string of the molecule is O=C(c1ccc(OC(F)F)cc1)N1CCCC(O)(CN2CCCC2)C1. The lowest BCUT2D eigenvalue weighted by atomic mass is 9.91. The van der Waals surface area contributed by atoms with Gasteiger partial charge in [-0.1, -0.05) is 0 Å². The number of carbonyl (C=O) groups excluding carboxylic acids is 1. The normalized spacial score (nSPS) is 24.7. The Morgan fingerprint density at radius 1 is 1.16 bits per heavy atom. The average molecular weight is 354 g/mol. The minimum absolute atomic E-state index is 0.0238. The minimum Gasteiger partial charge on any atom is -0.435 e. The van der Waals surface area contributed by atoms with E-state index >= 15 is 0 Å². The molecule has 0 spiro atoms. The van der Waals surface area contributed by atoms with Gasteiger partial charge >= 0.3 is 6.61 Å². The number of amides is 1. The van der Waals surface area contributed by atoms with Gasteiger partial charge in [0.2, 0.25) is 0 Å². The van der Waals surface area contributed by atoms with E-state index in [1.807, 2.05) is 0 Å². The Morgan fingerprint density at radius 2 is 1.84 bits per heavy atom. The number of likely N-dealkylation sites (tertiary alicyclic amines) is 2. The molecule has 1 aromatic rings. The molecule has 0 saturated carbocycles. The van der Waals surface area contributed by atoms with Gasteiger partial charge in [-0.15, -0.1) is 0 Å². The molecule has 3 rings (SSSR count). The Labute approximate surface area is 146 Å². The number of halogens is 2. The van der Waals surface area contributed by atoms with Crippen molar-refractivity contribution in [3.8, 4) is 5.75 Å². The first-order valence-electron chi connectivity index (χ1n) is 8.74. The molecule has 2 aliphatic heterocycles. The number of hydrogen-bond acceptors (Lipinski definition) is 4. The van der Waals surface area contributed by atoms with Crippen LogP contribution in [0.2, 0.25) is 0 Å². The van der Waals surface area contributed by atoms with Gasteiger partial charge in [-0.25, -0.2) is 0 Å². The van der Waals surface area contributed by atoms with Gasteiger partial charge < -0.3 is 19.6 Å². The summed E-state index contributed by atoms with van der Waals surface area (Å²) in [5.74, 6) is -0.168. The first-order valence-corrected chi connectivity index (χ1v) is 8.74. The summed E-state index contributed by atoms with van der Waals surface area (Å²) in [4.78, 5) is 16.6. The van der Waals surface area contributed by atoms with Crippen LogP contribution in [0.4, 0.5) is 8.78 Å². The summed E-state index contributed by atoms with van der Waals surface area (Å²) in [6.45, 7) is 0.611. The number of carbonyl (C=O) groups is 1. The van der Waals surface area contributed by atoms with Crippen LogP contribution in [-0.4, -0.2) is 65.7 Å². The molecular formula is C18H24F2N2O3. The Hall–Kier alpha value is -1.73. The number of aliphatic hydroxyl groups is 1. The lowest BCUT2D eigenvalue weighted by molar-refractivity contribution is -0.0499. The Morgan fingerprint density at radius 3 is 2.48 bits per heavy atom. The molecule has 0 radical (unpaired) electrons. The van der Waals surface area contributed by atoms with Crippen LogP contribution in [0.5, 0.6) is 5.75 Å². The number of piperidine rings is 1. The topological polar surface area (TPSA) is 53.0 Å². The quantitative estimate of drug-likeness (QED) is 0.882. The van der Waals surface area contributed by atoms with Crippen LogP contribution in [0, 0.1) is 0 Å². The number of ether oxygens (including phenoxy) is 1. The van der Waals surface area contributed by atoms with Gasteiger partial charge in [0, 0.05) is 18.7 Å². The van der Waals surface area contributed by atoms with Crippen LogP contribution in [0.25, 0.3) is 0 Å². The third-order valence-electron chi connectivity index (χ3n) is 4.89. The van der Waals surface area contributed by atoms with Gasteiger partial charge in [0.15, 0.2) is 0 Å². The summed E-state index contributed by atoms with van der Waals surface area (Å²) in [5.41, 5.74) is -0.469. The number of β-amino-alcohol motifs (C(OH)–C–C–N with tert-alkyl or cyclic N) is 1. The summed E-state index contributed by atoms with van der Waals surface area (Å²) < 4.78 is 28.7. The van der Waals surface area contributed by atoms with Crippen molar-refractivity contribution in [1.82, 2.24) is 9.80 Å². The highest BCUT2D eigenvalue weighted by Gasteiger charge is 2.37. The molecule has 0 bridgehead atoms. The fraction of sp³-hybridized carbons (Fsp3) is 0.611. The maximum absolute atomic E-state index is 12.7. The van der Waals surface area contributed by atoms with E-state index in [1.54, 1.807) is 4.90 Å². The van der Waals surface area contributed by atoms with Crippen LogP contribution in [0.3, 0.4) is 0 Å². The summed E-state index contributed by atoms with van der Waals surface area (Å²) in [7, 11) is 0. The lowest BCUT2D eigenvalue weighted by Gasteiger charge is -2.41. The van der Waals surface area contributed by atoms with Crippen molar-refractivity contribution in [2.24, 2.45) is 0 Å². The molecule has 1 aromatic carbocycles. The molecule has 2 heterocycles. The first kappa shape index (κ1) is 18.1. The lowest BCUT2D eigenvalue weighted by Crippen LogP contribution is -2.55. The Kier molecular flexibility index (Phi) is 5.54. The van der Waals surface area contributed by atoms with Crippen LogP contribution < -0.4 is 4.74 Å². The zero-order valence-corrected chi connectivity index (χ0v) is 14.2. The fourth-order valence-electron chi connectivity index (χ4n) is 3.73. The summed E-state index contributed by atoms with van der Waals surface area (Å²) in [5, 5.41) is 10.9. The fourth-order valence-corrected chi connectivity index (χ4v) is 3.73. The van der Waals surface area contributed by atoms with Gasteiger partial charge in [0.05, 0.1) is 12.1 Å². The number of hydrogen-bond donors (Lipinski definition) is 1. The van der Waals surface area contributed by atoms with Crippen molar-refractivity contribution in [3.63, 3.8) is 0 Å². The second-order valence-corrected chi connectivity index (χ2v) is 6.94. The number of rotatable bonds is 5. The highest BCUT2D eigenvalue weighted by molar-refractivity contribution is 5.94. The van der Waals surface area contributed by atoms with Gasteiger partial charge in [0.25, 0.3) is 5.91 Å². The number of nitrogens with zero attached hydrogens (tertiary/aromatic N) is 2. The molecule has 2 aliphatic rings. The van der Waals surface area contributed by atoms with E-state index in [9.17, 15) is 18.7 Å². The molecule has 1 atom stereocenters. The maximum Gasteiger partial charge on any atom is 0.387 e. The Balaban J connectivity index is 1.62. The minimum atomic E-state index is -2.88. The highest BCUT2D eigenvalue weighted by atomic mass is 19.3. The molecule has 1 unspecified atom stereocenters. The van der Waals surface area contributed by atoms with Gasteiger partial charge in [-0.3, -0.25) is 4.79 Å². The van der Waals surface area contributed by atoms with E-state index in [4.69, 9.17) is 0 Å². The van der Waals surface area contributed by atoms with Crippen LogP contribution >= 0.6 is 0 Å². The zero-order chi connectivity index (χ0) is 17.9. The van der Waals surface area contributed by atoms with Crippen molar-refractivity contribution in [1.29, 1.82) is 0 Å². The van der Waals surface area contributed by atoms with E-state index in [0.29, 0.717) is 31.6 Å². The molecule has 0 aliphatic carbocycles. The van der Waals surface area contributed by atoms with E-state index < -0.39 is 12.2 Å². The van der Waals surface area contributed by atoms with Crippen molar-refractivity contribution in [2.75, 3.05) is 32.7 Å². The molecule has 2 saturated heterocycles. The second kappa shape index (κ2) is 7.66. The van der Waals surface area contributed by atoms with E-state index in [-0.39, 0.29) is 11.7 Å². The maximum atomic E-state index is 12.7. The summed E-state index contributed by atoms with van der Waals surface area (Å²) in [6, 6.07) is 5.68. The molecule has 5 nitrogen and oxygen atoms in total. The summed E-state index contributed by atoms with van der Waals surface area (Å²) in [6.07, 6.45) is 3.76. The third kappa shape index (κ3) is 4.67. The standard InChI is InChI=1S/C18H24F2N2O3/c19-17(20)25-15-6-4-14(5-7-15)16(23)22-11-3-8-18(24,13-22)12-21-9-1-2-10-21/h4-7,17,24H,1-3,8-13H2. The molecule has 1 amide bonds. The van der Waals surface area contributed by atoms with Gasteiger partial charge in [0.1, 0.15) is 5.75 Å². The average Bonchev–Trinajstić information content (AvgIpc) is 3.06. The highest BCUT2D eigenvalue weighted by Crippen LogP contribution is 2.26. The molecule has 7 heteroatoms. The van der Waals surface area contributed by atoms with E-state index in [1.165, 1.54) is 24.3 Å². The molecule has 0 aromatic heterocycles. The predicted molar refractivity (Wildman–Crippen MR) is 88.8 cm³/mol. The largest absolute Gasteiger partial charge is 0.435 e. The van der Waals surface area contributed by atoms with Crippen molar-refractivity contribution >= 4 is 5.91 Å².